The van der Waals surface area contributed by atoms with Gasteiger partial charge < -0.3 is 4.90 Å². The van der Waals surface area contributed by atoms with Gasteiger partial charge in [0.1, 0.15) is 0 Å². The molecule has 0 heterocycles. The molecule has 2 nitrogen and oxygen atoms in total. The summed E-state index contributed by atoms with van der Waals surface area (Å²) in [4.78, 5) is 14.4. The molecule has 0 saturated carbocycles. The summed E-state index contributed by atoms with van der Waals surface area (Å²) >= 11 is 0. The number of carbonyl (C=O) groups excluding carboxylic acids is 1. The van der Waals surface area contributed by atoms with Crippen molar-refractivity contribution in [3.05, 3.63) is 35.4 Å². The van der Waals surface area contributed by atoms with Gasteiger partial charge in [-0.1, -0.05) is 43.7 Å². The molecule has 1 rings (SSSR count). The average Bonchev–Trinajstić information content (AvgIpc) is 2.39. The van der Waals surface area contributed by atoms with E-state index in [1.54, 1.807) is 0 Å². The molecule has 0 aliphatic rings. The molecule has 0 N–H and O–H groups in total. The first-order chi connectivity index (χ1) is 8.58. The minimum absolute atomic E-state index is 0.247. The molecule has 0 bridgehead atoms. The van der Waals surface area contributed by atoms with Crippen LogP contribution in [-0.4, -0.2) is 29.8 Å². The van der Waals surface area contributed by atoms with Gasteiger partial charge in [0.15, 0.2) is 5.78 Å². The second-order valence-corrected chi connectivity index (χ2v) is 4.93. The zero-order chi connectivity index (χ0) is 13.5. The van der Waals surface area contributed by atoms with Crippen LogP contribution in [0.3, 0.4) is 0 Å². The summed E-state index contributed by atoms with van der Waals surface area (Å²) in [5.74, 6) is 0.247. The number of hydrogen-bond acceptors (Lipinski definition) is 2. The molecule has 2 heteroatoms. The highest BCUT2D eigenvalue weighted by Crippen LogP contribution is 2.09. The van der Waals surface area contributed by atoms with E-state index in [1.807, 2.05) is 31.2 Å². The van der Waals surface area contributed by atoms with Crippen molar-refractivity contribution < 1.29 is 4.79 Å². The lowest BCUT2D eigenvalue weighted by atomic mass is 10.1. The van der Waals surface area contributed by atoms with Crippen LogP contribution < -0.4 is 0 Å². The summed E-state index contributed by atoms with van der Waals surface area (Å²) in [6.45, 7) is 10.5. The predicted molar refractivity (Wildman–Crippen MR) is 77.1 cm³/mol. The normalized spacial score (nSPS) is 12.7. The van der Waals surface area contributed by atoms with Crippen LogP contribution in [0.4, 0.5) is 0 Å². The molecular formula is C16H25NO. The monoisotopic (exact) mass is 247 g/mol. The van der Waals surface area contributed by atoms with E-state index in [9.17, 15) is 4.79 Å². The SMILES string of the molecule is CCC(C)N(CC)CCC(=O)c1ccc(C)cc1. The van der Waals surface area contributed by atoms with Gasteiger partial charge >= 0.3 is 0 Å². The number of ketones is 1. The molecule has 0 saturated heterocycles. The maximum absolute atomic E-state index is 12.1. The highest BCUT2D eigenvalue weighted by molar-refractivity contribution is 5.96. The number of benzene rings is 1. The summed E-state index contributed by atoms with van der Waals surface area (Å²) in [6, 6.07) is 8.41. The van der Waals surface area contributed by atoms with E-state index in [1.165, 1.54) is 5.56 Å². The van der Waals surface area contributed by atoms with Crippen molar-refractivity contribution in [2.45, 2.75) is 46.6 Å². The van der Waals surface area contributed by atoms with Crippen LogP contribution in [0.5, 0.6) is 0 Å². The predicted octanol–water partition coefficient (Wildman–Crippen LogP) is 3.69. The topological polar surface area (TPSA) is 20.3 Å². The molecule has 100 valence electrons. The largest absolute Gasteiger partial charge is 0.300 e. The smallest absolute Gasteiger partial charge is 0.164 e. The summed E-state index contributed by atoms with van der Waals surface area (Å²) in [5.41, 5.74) is 2.03. The van der Waals surface area contributed by atoms with E-state index in [0.717, 1.165) is 25.1 Å². The molecule has 0 amide bonds. The van der Waals surface area contributed by atoms with Gasteiger partial charge in [0.05, 0.1) is 0 Å². The zero-order valence-electron chi connectivity index (χ0n) is 12.1. The lowest BCUT2D eigenvalue weighted by Crippen LogP contribution is -2.34. The van der Waals surface area contributed by atoms with Crippen molar-refractivity contribution in [1.29, 1.82) is 0 Å². The first-order valence-electron chi connectivity index (χ1n) is 6.92. The van der Waals surface area contributed by atoms with Crippen LogP contribution in [0.15, 0.2) is 24.3 Å². The fourth-order valence-electron chi connectivity index (χ4n) is 2.08. The first kappa shape index (κ1) is 14.9. The van der Waals surface area contributed by atoms with Crippen LogP contribution in [0.1, 0.15) is 49.5 Å². The lowest BCUT2D eigenvalue weighted by molar-refractivity contribution is 0.0954. The van der Waals surface area contributed by atoms with Gasteiger partial charge in [0.25, 0.3) is 0 Å². The van der Waals surface area contributed by atoms with Gasteiger partial charge in [-0.25, -0.2) is 0 Å². The van der Waals surface area contributed by atoms with Gasteiger partial charge in [-0.15, -0.1) is 0 Å². The molecule has 1 unspecified atom stereocenters. The molecule has 0 aromatic heterocycles. The third kappa shape index (κ3) is 4.26. The summed E-state index contributed by atoms with van der Waals surface area (Å²) in [6.07, 6.45) is 1.74. The van der Waals surface area contributed by atoms with Gasteiger partial charge in [0.2, 0.25) is 0 Å². The van der Waals surface area contributed by atoms with Crippen LogP contribution >= 0.6 is 0 Å². The minimum Gasteiger partial charge on any atom is -0.300 e. The Labute approximate surface area is 111 Å². The van der Waals surface area contributed by atoms with Gasteiger partial charge in [-0.3, -0.25) is 4.79 Å². The molecule has 18 heavy (non-hydrogen) atoms. The van der Waals surface area contributed by atoms with Crippen molar-refractivity contribution in [2.75, 3.05) is 13.1 Å². The fraction of sp³-hybridized carbons (Fsp3) is 0.562. The molecule has 0 aliphatic carbocycles. The average molecular weight is 247 g/mol. The molecule has 1 aromatic carbocycles. The fourth-order valence-corrected chi connectivity index (χ4v) is 2.08. The van der Waals surface area contributed by atoms with Crippen LogP contribution in [-0.2, 0) is 0 Å². The van der Waals surface area contributed by atoms with Gasteiger partial charge in [-0.05, 0) is 26.8 Å². The Bertz CT molecular complexity index is 369. The zero-order valence-corrected chi connectivity index (χ0v) is 12.1. The third-order valence-corrected chi connectivity index (χ3v) is 3.62. The Kier molecular flexibility index (Phi) is 6.06. The number of Topliss-reactive ketones (excluding diaryl/α,β-unsaturated/α-hetero) is 1. The molecule has 1 atom stereocenters. The molecule has 0 spiro atoms. The molecule has 0 aliphatic heterocycles. The number of hydrogen-bond donors (Lipinski definition) is 0. The van der Waals surface area contributed by atoms with Crippen molar-refractivity contribution in [3.63, 3.8) is 0 Å². The third-order valence-electron chi connectivity index (χ3n) is 3.62. The first-order valence-corrected chi connectivity index (χ1v) is 6.92. The van der Waals surface area contributed by atoms with Crippen LogP contribution in [0.2, 0.25) is 0 Å². The summed E-state index contributed by atoms with van der Waals surface area (Å²) < 4.78 is 0. The molecular weight excluding hydrogens is 222 g/mol. The van der Waals surface area contributed by atoms with E-state index >= 15 is 0 Å². The van der Waals surface area contributed by atoms with Crippen molar-refractivity contribution in [3.8, 4) is 0 Å². The van der Waals surface area contributed by atoms with E-state index < -0.39 is 0 Å². The highest BCUT2D eigenvalue weighted by Gasteiger charge is 2.12. The summed E-state index contributed by atoms with van der Waals surface area (Å²) in [5, 5.41) is 0. The Hall–Kier alpha value is -1.15. The van der Waals surface area contributed by atoms with E-state index in [4.69, 9.17) is 0 Å². The summed E-state index contributed by atoms with van der Waals surface area (Å²) in [7, 11) is 0. The highest BCUT2D eigenvalue weighted by atomic mass is 16.1. The number of nitrogens with zero attached hydrogens (tertiary/aromatic N) is 1. The van der Waals surface area contributed by atoms with Crippen LogP contribution in [0, 0.1) is 6.92 Å². The molecule has 1 aromatic rings. The number of carbonyl (C=O) groups is 1. The Morgan fingerprint density at radius 3 is 2.33 bits per heavy atom. The minimum atomic E-state index is 0.247. The maximum atomic E-state index is 12.1. The quantitative estimate of drug-likeness (QED) is 0.685. The van der Waals surface area contributed by atoms with Crippen LogP contribution in [0.25, 0.3) is 0 Å². The Morgan fingerprint density at radius 2 is 1.83 bits per heavy atom. The van der Waals surface area contributed by atoms with Crippen molar-refractivity contribution >= 4 is 5.78 Å². The van der Waals surface area contributed by atoms with E-state index in [-0.39, 0.29) is 5.78 Å². The Morgan fingerprint density at radius 1 is 1.22 bits per heavy atom. The van der Waals surface area contributed by atoms with E-state index in [0.29, 0.717) is 12.5 Å². The second-order valence-electron chi connectivity index (χ2n) is 4.93. The van der Waals surface area contributed by atoms with E-state index in [2.05, 4.69) is 25.7 Å². The van der Waals surface area contributed by atoms with Crippen molar-refractivity contribution in [1.82, 2.24) is 4.90 Å². The number of rotatable bonds is 7. The second kappa shape index (κ2) is 7.32. The van der Waals surface area contributed by atoms with Gasteiger partial charge in [0, 0.05) is 24.6 Å². The van der Waals surface area contributed by atoms with Crippen molar-refractivity contribution in [2.24, 2.45) is 0 Å². The lowest BCUT2D eigenvalue weighted by Gasteiger charge is -2.26. The maximum Gasteiger partial charge on any atom is 0.164 e. The van der Waals surface area contributed by atoms with Gasteiger partial charge in [-0.2, -0.15) is 0 Å². The molecule has 0 radical (unpaired) electrons. The Balaban J connectivity index is 2.52. The standard InChI is InChI=1S/C16H25NO/c1-5-14(4)17(6-2)12-11-16(18)15-9-7-13(3)8-10-15/h7-10,14H,5-6,11-12H2,1-4H3. The molecule has 0 fully saturated rings. The number of aryl methyl sites for hydroxylation is 1.